The highest BCUT2D eigenvalue weighted by Crippen LogP contribution is 2.30. The Balaban J connectivity index is 1.44. The van der Waals surface area contributed by atoms with Gasteiger partial charge in [0.15, 0.2) is 5.13 Å². The third-order valence-electron chi connectivity index (χ3n) is 5.26. The quantitative estimate of drug-likeness (QED) is 0.322. The molecule has 5 aromatic rings. The monoisotopic (exact) mass is 435 g/mol. The van der Waals surface area contributed by atoms with Crippen LogP contribution in [-0.4, -0.2) is 15.9 Å². The summed E-state index contributed by atoms with van der Waals surface area (Å²) in [6.45, 7) is 0.366. The highest BCUT2D eigenvalue weighted by molar-refractivity contribution is 7.22. The summed E-state index contributed by atoms with van der Waals surface area (Å²) >= 11 is 1.52. The Morgan fingerprint density at radius 2 is 1.50 bits per heavy atom. The number of carbonyl (C=O) groups excluding carboxylic acids is 1. The van der Waals surface area contributed by atoms with Crippen LogP contribution in [0.5, 0.6) is 0 Å². The number of anilines is 1. The summed E-state index contributed by atoms with van der Waals surface area (Å²) in [7, 11) is 0. The summed E-state index contributed by atoms with van der Waals surface area (Å²) in [5.41, 5.74) is 4.77. The molecule has 0 aliphatic rings. The Kier molecular flexibility index (Phi) is 5.73. The van der Waals surface area contributed by atoms with E-state index in [1.165, 1.54) is 22.5 Å². The fourth-order valence-corrected chi connectivity index (χ4v) is 4.57. The van der Waals surface area contributed by atoms with Crippen LogP contribution in [0.1, 0.15) is 27.2 Å². The van der Waals surface area contributed by atoms with E-state index >= 15 is 0 Å². The molecule has 1 amide bonds. The highest BCUT2D eigenvalue weighted by atomic mass is 32.1. The molecule has 0 aliphatic heterocycles. The SMILES string of the molecule is O=C(c1ccc(Cc2ccccc2)cc1)N(Cc1ccccn1)c1nc2ccccc2s1. The number of pyridine rings is 1. The van der Waals surface area contributed by atoms with Crippen LogP contribution in [0.3, 0.4) is 0 Å². The molecular formula is C27H21N3OS. The first-order valence-electron chi connectivity index (χ1n) is 10.5. The van der Waals surface area contributed by atoms with E-state index in [9.17, 15) is 4.79 Å². The minimum absolute atomic E-state index is 0.0824. The maximum Gasteiger partial charge on any atom is 0.260 e. The van der Waals surface area contributed by atoms with Gasteiger partial charge in [-0.2, -0.15) is 0 Å². The van der Waals surface area contributed by atoms with Crippen molar-refractivity contribution >= 4 is 32.6 Å². The molecule has 0 fully saturated rings. The Morgan fingerprint density at radius 1 is 0.781 bits per heavy atom. The number of carbonyl (C=O) groups is 1. The van der Waals surface area contributed by atoms with E-state index in [4.69, 9.17) is 4.98 Å². The van der Waals surface area contributed by atoms with Crippen molar-refractivity contribution in [2.45, 2.75) is 13.0 Å². The van der Waals surface area contributed by atoms with Crippen molar-refractivity contribution in [3.63, 3.8) is 0 Å². The summed E-state index contributed by atoms with van der Waals surface area (Å²) in [6, 6.07) is 31.9. The van der Waals surface area contributed by atoms with Gasteiger partial charge in [0.25, 0.3) is 5.91 Å². The molecule has 0 saturated carbocycles. The Bertz CT molecular complexity index is 1300. The molecule has 0 saturated heterocycles. The highest BCUT2D eigenvalue weighted by Gasteiger charge is 2.22. The predicted octanol–water partition coefficient (Wildman–Crippen LogP) is 6.13. The number of aromatic nitrogens is 2. The van der Waals surface area contributed by atoms with E-state index < -0.39 is 0 Å². The standard InChI is InChI=1S/C27H21N3OS/c31-26(22-15-13-21(14-16-22)18-20-8-2-1-3-9-20)30(19-23-10-6-7-17-28-23)27-29-24-11-4-5-12-25(24)32-27/h1-17H,18-19H2. The van der Waals surface area contributed by atoms with Crippen LogP contribution in [0.2, 0.25) is 0 Å². The van der Waals surface area contributed by atoms with Gasteiger partial charge in [0.05, 0.1) is 22.5 Å². The van der Waals surface area contributed by atoms with Crippen molar-refractivity contribution in [2.24, 2.45) is 0 Å². The van der Waals surface area contributed by atoms with Crippen molar-refractivity contribution in [3.05, 3.63) is 126 Å². The van der Waals surface area contributed by atoms with Gasteiger partial charge in [-0.05, 0) is 53.9 Å². The lowest BCUT2D eigenvalue weighted by Gasteiger charge is -2.20. The molecule has 2 aromatic heterocycles. The van der Waals surface area contributed by atoms with Crippen LogP contribution in [0.4, 0.5) is 5.13 Å². The second kappa shape index (κ2) is 9.12. The number of benzene rings is 3. The van der Waals surface area contributed by atoms with Crippen LogP contribution in [-0.2, 0) is 13.0 Å². The number of hydrogen-bond acceptors (Lipinski definition) is 4. The topological polar surface area (TPSA) is 46.1 Å². The van der Waals surface area contributed by atoms with Gasteiger partial charge in [-0.3, -0.25) is 14.7 Å². The zero-order chi connectivity index (χ0) is 21.8. The lowest BCUT2D eigenvalue weighted by Crippen LogP contribution is -2.30. The smallest absolute Gasteiger partial charge is 0.260 e. The third kappa shape index (κ3) is 4.43. The molecule has 0 bridgehead atoms. The minimum atomic E-state index is -0.0824. The fraction of sp³-hybridized carbons (Fsp3) is 0.0741. The molecule has 0 spiro atoms. The molecule has 0 N–H and O–H groups in total. The summed E-state index contributed by atoms with van der Waals surface area (Å²) < 4.78 is 1.06. The molecule has 0 atom stereocenters. The van der Waals surface area contributed by atoms with E-state index in [-0.39, 0.29) is 5.91 Å². The number of nitrogens with zero attached hydrogens (tertiary/aromatic N) is 3. The average Bonchev–Trinajstić information content (AvgIpc) is 3.28. The van der Waals surface area contributed by atoms with Crippen LogP contribution < -0.4 is 4.90 Å². The summed E-state index contributed by atoms with van der Waals surface area (Å²) in [4.78, 5) is 24.4. The first-order valence-corrected chi connectivity index (χ1v) is 11.3. The zero-order valence-corrected chi connectivity index (χ0v) is 18.2. The van der Waals surface area contributed by atoms with Crippen molar-refractivity contribution < 1.29 is 4.79 Å². The van der Waals surface area contributed by atoms with Gasteiger partial charge in [0.2, 0.25) is 0 Å². The maximum absolute atomic E-state index is 13.6. The second-order valence-corrected chi connectivity index (χ2v) is 8.54. The molecule has 5 heteroatoms. The number of amides is 1. The van der Waals surface area contributed by atoms with E-state index in [2.05, 4.69) is 17.1 Å². The van der Waals surface area contributed by atoms with E-state index in [0.717, 1.165) is 22.3 Å². The van der Waals surface area contributed by atoms with Crippen LogP contribution >= 0.6 is 11.3 Å². The van der Waals surface area contributed by atoms with Gasteiger partial charge in [-0.15, -0.1) is 0 Å². The molecule has 32 heavy (non-hydrogen) atoms. The van der Waals surface area contributed by atoms with Crippen molar-refractivity contribution in [3.8, 4) is 0 Å². The predicted molar refractivity (Wildman–Crippen MR) is 130 cm³/mol. The lowest BCUT2D eigenvalue weighted by atomic mass is 10.0. The third-order valence-corrected chi connectivity index (χ3v) is 6.32. The number of rotatable bonds is 6. The molecule has 0 unspecified atom stereocenters. The zero-order valence-electron chi connectivity index (χ0n) is 17.4. The minimum Gasteiger partial charge on any atom is -0.278 e. The molecule has 2 heterocycles. The number of fused-ring (bicyclic) bond motifs is 1. The first kappa shape index (κ1) is 20.1. The molecule has 3 aromatic carbocycles. The van der Waals surface area contributed by atoms with Crippen molar-refractivity contribution in [1.29, 1.82) is 0 Å². The normalized spacial score (nSPS) is 10.9. The van der Waals surface area contributed by atoms with E-state index in [1.807, 2.05) is 84.9 Å². The van der Waals surface area contributed by atoms with Crippen LogP contribution in [0.25, 0.3) is 10.2 Å². The average molecular weight is 436 g/mol. The largest absolute Gasteiger partial charge is 0.278 e. The molecule has 4 nitrogen and oxygen atoms in total. The molecular weight excluding hydrogens is 414 g/mol. The molecule has 5 rings (SSSR count). The summed E-state index contributed by atoms with van der Waals surface area (Å²) in [5.74, 6) is -0.0824. The fourth-order valence-electron chi connectivity index (χ4n) is 3.61. The van der Waals surface area contributed by atoms with E-state index in [0.29, 0.717) is 17.2 Å². The lowest BCUT2D eigenvalue weighted by molar-refractivity contribution is 0.0985. The van der Waals surface area contributed by atoms with Crippen molar-refractivity contribution in [2.75, 3.05) is 4.90 Å². The maximum atomic E-state index is 13.6. The van der Waals surface area contributed by atoms with Gasteiger partial charge in [-0.25, -0.2) is 4.98 Å². The van der Waals surface area contributed by atoms with Gasteiger partial charge < -0.3 is 0 Å². The number of para-hydroxylation sites is 1. The molecule has 0 radical (unpaired) electrons. The van der Waals surface area contributed by atoms with Crippen LogP contribution in [0.15, 0.2) is 103 Å². The van der Waals surface area contributed by atoms with Gasteiger partial charge >= 0.3 is 0 Å². The number of hydrogen-bond donors (Lipinski definition) is 0. The first-order chi connectivity index (χ1) is 15.8. The molecule has 0 aliphatic carbocycles. The van der Waals surface area contributed by atoms with Gasteiger partial charge in [-0.1, -0.05) is 72.0 Å². The Morgan fingerprint density at radius 3 is 2.25 bits per heavy atom. The Labute approximate surface area is 190 Å². The summed E-state index contributed by atoms with van der Waals surface area (Å²) in [6.07, 6.45) is 2.58. The Hall–Kier alpha value is -3.83. The second-order valence-electron chi connectivity index (χ2n) is 7.54. The van der Waals surface area contributed by atoms with Crippen molar-refractivity contribution in [1.82, 2.24) is 9.97 Å². The van der Waals surface area contributed by atoms with Crippen LogP contribution in [0, 0.1) is 0 Å². The summed E-state index contributed by atoms with van der Waals surface area (Å²) in [5, 5.41) is 0.676. The molecule has 156 valence electrons. The van der Waals surface area contributed by atoms with Gasteiger partial charge in [0, 0.05) is 11.8 Å². The van der Waals surface area contributed by atoms with Gasteiger partial charge in [0.1, 0.15) is 0 Å². The van der Waals surface area contributed by atoms with E-state index in [1.54, 1.807) is 11.1 Å². The number of thiazole rings is 1.